The van der Waals surface area contributed by atoms with Crippen LogP contribution in [0.25, 0.3) is 11.1 Å². The topological polar surface area (TPSA) is 9.23 Å². The predicted molar refractivity (Wildman–Crippen MR) is 97.8 cm³/mol. The van der Waals surface area contributed by atoms with E-state index in [0.29, 0.717) is 0 Å². The molecule has 2 aromatic rings. The van der Waals surface area contributed by atoms with Crippen LogP contribution in [0.3, 0.4) is 0 Å². The fourth-order valence-corrected chi connectivity index (χ4v) is 3.45. The van der Waals surface area contributed by atoms with Crippen LogP contribution < -0.4 is 0 Å². The Morgan fingerprint density at radius 3 is 2.17 bits per heavy atom. The molecule has 2 atom stereocenters. The summed E-state index contributed by atoms with van der Waals surface area (Å²) >= 11 is 5.95. The van der Waals surface area contributed by atoms with Gasteiger partial charge in [0.05, 0.1) is 12.7 Å². The third-order valence-corrected chi connectivity index (χ3v) is 5.05. The number of hydrogen-bond acceptors (Lipinski definition) is 1. The van der Waals surface area contributed by atoms with Gasteiger partial charge in [-0.2, -0.15) is 0 Å². The minimum Gasteiger partial charge on any atom is -0.373 e. The Hall–Kier alpha value is -1.31. The van der Waals surface area contributed by atoms with Gasteiger partial charge in [0.25, 0.3) is 0 Å². The van der Waals surface area contributed by atoms with Gasteiger partial charge in [-0.05, 0) is 54.0 Å². The molecule has 23 heavy (non-hydrogen) atoms. The first kappa shape index (κ1) is 16.5. The fraction of sp³-hybridized carbons (Fsp3) is 0.429. The van der Waals surface area contributed by atoms with Crippen LogP contribution in [0, 0.1) is 5.92 Å². The standard InChI is InChI=1S/C21H25ClO/c1-2-3-4-16-5-14-21(23-15-16)19-8-6-17(7-9-19)18-10-12-20(22)13-11-18/h6-13,16,21H,2-5,14-15H2,1H3. The molecule has 2 heteroatoms. The van der Waals surface area contributed by atoms with Gasteiger partial charge in [0.15, 0.2) is 0 Å². The van der Waals surface area contributed by atoms with Crippen LogP contribution in [0.15, 0.2) is 48.5 Å². The number of unbranched alkanes of at least 4 members (excludes halogenated alkanes) is 1. The highest BCUT2D eigenvalue weighted by atomic mass is 35.5. The maximum Gasteiger partial charge on any atom is 0.0825 e. The lowest BCUT2D eigenvalue weighted by atomic mass is 9.91. The summed E-state index contributed by atoms with van der Waals surface area (Å²) in [7, 11) is 0. The molecule has 3 rings (SSSR count). The Kier molecular flexibility index (Phi) is 5.75. The van der Waals surface area contributed by atoms with Gasteiger partial charge in [-0.1, -0.05) is 67.8 Å². The first-order valence-electron chi connectivity index (χ1n) is 8.73. The van der Waals surface area contributed by atoms with Crippen LogP contribution in [-0.4, -0.2) is 6.61 Å². The van der Waals surface area contributed by atoms with E-state index in [2.05, 4.69) is 43.3 Å². The Labute approximate surface area is 144 Å². The average molecular weight is 329 g/mol. The van der Waals surface area contributed by atoms with E-state index >= 15 is 0 Å². The smallest absolute Gasteiger partial charge is 0.0825 e. The largest absolute Gasteiger partial charge is 0.373 e. The number of rotatable bonds is 5. The molecule has 1 fully saturated rings. The molecule has 122 valence electrons. The summed E-state index contributed by atoms with van der Waals surface area (Å²) in [6.07, 6.45) is 6.64. The van der Waals surface area contributed by atoms with Crippen molar-refractivity contribution in [2.24, 2.45) is 5.92 Å². The van der Waals surface area contributed by atoms with Crippen molar-refractivity contribution >= 4 is 11.6 Å². The molecule has 1 heterocycles. The van der Waals surface area contributed by atoms with Crippen molar-refractivity contribution in [1.82, 2.24) is 0 Å². The van der Waals surface area contributed by atoms with E-state index in [1.165, 1.54) is 42.4 Å². The van der Waals surface area contributed by atoms with Crippen molar-refractivity contribution in [3.8, 4) is 11.1 Å². The molecule has 0 spiro atoms. The summed E-state index contributed by atoms with van der Waals surface area (Å²) < 4.78 is 6.12. The van der Waals surface area contributed by atoms with Crippen LogP contribution in [0.5, 0.6) is 0 Å². The second-order valence-electron chi connectivity index (χ2n) is 6.54. The number of ether oxygens (including phenoxy) is 1. The Balaban J connectivity index is 1.61. The van der Waals surface area contributed by atoms with Gasteiger partial charge in [0, 0.05) is 5.02 Å². The van der Waals surface area contributed by atoms with E-state index in [9.17, 15) is 0 Å². The molecular formula is C21H25ClO. The fourth-order valence-electron chi connectivity index (χ4n) is 3.32. The molecule has 0 N–H and O–H groups in total. The van der Waals surface area contributed by atoms with Crippen LogP contribution >= 0.6 is 11.6 Å². The molecule has 0 aromatic heterocycles. The monoisotopic (exact) mass is 328 g/mol. The minimum absolute atomic E-state index is 0.271. The van der Waals surface area contributed by atoms with Crippen molar-refractivity contribution < 1.29 is 4.74 Å². The normalized spacial score (nSPS) is 21.3. The van der Waals surface area contributed by atoms with Crippen molar-refractivity contribution in [1.29, 1.82) is 0 Å². The van der Waals surface area contributed by atoms with E-state index in [1.54, 1.807) is 0 Å². The van der Waals surface area contributed by atoms with E-state index < -0.39 is 0 Å². The molecule has 0 saturated carbocycles. The lowest BCUT2D eigenvalue weighted by Crippen LogP contribution is -2.20. The number of halogens is 1. The van der Waals surface area contributed by atoms with Gasteiger partial charge in [-0.15, -0.1) is 0 Å². The van der Waals surface area contributed by atoms with Gasteiger partial charge in [-0.3, -0.25) is 0 Å². The summed E-state index contributed by atoms with van der Waals surface area (Å²) in [6, 6.07) is 16.8. The summed E-state index contributed by atoms with van der Waals surface area (Å²) in [5.41, 5.74) is 3.73. The highest BCUT2D eigenvalue weighted by Gasteiger charge is 2.22. The quantitative estimate of drug-likeness (QED) is 0.596. The Morgan fingerprint density at radius 2 is 1.61 bits per heavy atom. The first-order chi connectivity index (χ1) is 11.3. The summed E-state index contributed by atoms with van der Waals surface area (Å²) in [5.74, 6) is 0.763. The summed E-state index contributed by atoms with van der Waals surface area (Å²) in [5, 5.41) is 0.776. The summed E-state index contributed by atoms with van der Waals surface area (Å²) in [6.45, 7) is 3.18. The second-order valence-corrected chi connectivity index (χ2v) is 6.97. The highest BCUT2D eigenvalue weighted by Crippen LogP contribution is 2.33. The number of benzene rings is 2. The molecular weight excluding hydrogens is 304 g/mol. The maximum atomic E-state index is 6.12. The van der Waals surface area contributed by atoms with E-state index in [1.807, 2.05) is 12.1 Å². The highest BCUT2D eigenvalue weighted by molar-refractivity contribution is 6.30. The maximum absolute atomic E-state index is 6.12. The summed E-state index contributed by atoms with van der Waals surface area (Å²) in [4.78, 5) is 0. The predicted octanol–water partition coefficient (Wildman–Crippen LogP) is 6.66. The van der Waals surface area contributed by atoms with Crippen molar-refractivity contribution in [3.63, 3.8) is 0 Å². The van der Waals surface area contributed by atoms with Crippen molar-refractivity contribution in [2.45, 2.75) is 45.1 Å². The Morgan fingerprint density at radius 1 is 0.957 bits per heavy atom. The number of hydrogen-bond donors (Lipinski definition) is 0. The molecule has 2 aromatic carbocycles. The average Bonchev–Trinajstić information content (AvgIpc) is 2.61. The minimum atomic E-state index is 0.271. The van der Waals surface area contributed by atoms with Gasteiger partial charge >= 0.3 is 0 Å². The third-order valence-electron chi connectivity index (χ3n) is 4.80. The first-order valence-corrected chi connectivity index (χ1v) is 9.11. The van der Waals surface area contributed by atoms with E-state index in [4.69, 9.17) is 16.3 Å². The zero-order chi connectivity index (χ0) is 16.1. The lowest BCUT2D eigenvalue weighted by molar-refractivity contribution is -0.0197. The van der Waals surface area contributed by atoms with Crippen LogP contribution in [0.1, 0.15) is 50.7 Å². The molecule has 0 aliphatic carbocycles. The molecule has 1 aliphatic rings. The Bertz CT molecular complexity index is 595. The van der Waals surface area contributed by atoms with Crippen molar-refractivity contribution in [3.05, 3.63) is 59.1 Å². The molecule has 1 aliphatic heterocycles. The van der Waals surface area contributed by atoms with Gasteiger partial charge < -0.3 is 4.74 Å². The zero-order valence-corrected chi connectivity index (χ0v) is 14.6. The zero-order valence-electron chi connectivity index (χ0n) is 13.8. The van der Waals surface area contributed by atoms with Crippen LogP contribution in [-0.2, 0) is 4.74 Å². The van der Waals surface area contributed by atoms with Crippen molar-refractivity contribution in [2.75, 3.05) is 6.61 Å². The molecule has 0 amide bonds. The molecule has 1 saturated heterocycles. The van der Waals surface area contributed by atoms with Gasteiger partial charge in [0.2, 0.25) is 0 Å². The van der Waals surface area contributed by atoms with E-state index in [0.717, 1.165) is 24.0 Å². The second kappa shape index (κ2) is 7.99. The molecule has 1 nitrogen and oxygen atoms in total. The molecule has 0 bridgehead atoms. The SMILES string of the molecule is CCCCC1CCC(c2ccc(-c3ccc(Cl)cc3)cc2)OC1. The van der Waals surface area contributed by atoms with E-state index in [-0.39, 0.29) is 6.10 Å². The molecule has 2 unspecified atom stereocenters. The lowest BCUT2D eigenvalue weighted by Gasteiger charge is -2.29. The van der Waals surface area contributed by atoms with Gasteiger partial charge in [0.1, 0.15) is 0 Å². The van der Waals surface area contributed by atoms with Crippen LogP contribution in [0.4, 0.5) is 0 Å². The van der Waals surface area contributed by atoms with Crippen LogP contribution in [0.2, 0.25) is 5.02 Å². The third kappa shape index (κ3) is 4.37. The molecule has 0 radical (unpaired) electrons. The van der Waals surface area contributed by atoms with Gasteiger partial charge in [-0.25, -0.2) is 0 Å².